The van der Waals surface area contributed by atoms with Crippen LogP contribution in [0.5, 0.6) is 0 Å². The lowest BCUT2D eigenvalue weighted by Gasteiger charge is -2.32. The second kappa shape index (κ2) is 7.13. The van der Waals surface area contributed by atoms with Gasteiger partial charge >= 0.3 is 0 Å². The molecule has 0 bridgehead atoms. The normalized spacial score (nSPS) is 17.6. The number of likely N-dealkylation sites (tertiary alicyclic amines) is 1. The average molecular weight is 343 g/mol. The Morgan fingerprint density at radius 3 is 2.75 bits per heavy atom. The third-order valence-electron chi connectivity index (χ3n) is 4.30. The predicted molar refractivity (Wildman–Crippen MR) is 95.8 cm³/mol. The number of hydrogen-bond donors (Lipinski definition) is 0. The monoisotopic (exact) mass is 343 g/mol. The lowest BCUT2D eigenvalue weighted by atomic mass is 9.92. The van der Waals surface area contributed by atoms with Crippen molar-refractivity contribution in [2.45, 2.75) is 12.8 Å². The van der Waals surface area contributed by atoms with E-state index in [9.17, 15) is 9.59 Å². The van der Waals surface area contributed by atoms with Gasteiger partial charge in [0.25, 0.3) is 5.91 Å². The lowest BCUT2D eigenvalue weighted by Crippen LogP contribution is -2.42. The van der Waals surface area contributed by atoms with Gasteiger partial charge in [-0.2, -0.15) is 0 Å². The fraction of sp³-hybridized carbons (Fsp3) is 0.389. The Morgan fingerprint density at radius 2 is 2.12 bits per heavy atom. The Hall–Kier alpha value is -2.21. The highest BCUT2D eigenvalue weighted by atomic mass is 32.1. The molecule has 1 aliphatic rings. The molecule has 0 aliphatic carbocycles. The van der Waals surface area contributed by atoms with Crippen molar-refractivity contribution in [3.05, 3.63) is 46.3 Å². The van der Waals surface area contributed by atoms with Crippen LogP contribution in [0, 0.1) is 5.92 Å². The molecule has 1 atom stereocenters. The molecular formula is C18H21N3O2S. The molecule has 1 saturated heterocycles. The molecule has 1 amide bonds. The summed E-state index contributed by atoms with van der Waals surface area (Å²) >= 11 is 1.47. The van der Waals surface area contributed by atoms with Gasteiger partial charge in [-0.25, -0.2) is 4.98 Å². The number of pyridine rings is 1. The summed E-state index contributed by atoms with van der Waals surface area (Å²) < 4.78 is 0. The fourth-order valence-electron chi connectivity index (χ4n) is 2.96. The van der Waals surface area contributed by atoms with Crippen molar-refractivity contribution in [2.75, 3.05) is 32.1 Å². The third kappa shape index (κ3) is 3.48. The maximum absolute atomic E-state index is 12.7. The number of anilines is 1. The first-order valence-electron chi connectivity index (χ1n) is 8.06. The molecule has 5 nitrogen and oxygen atoms in total. The SMILES string of the molecule is CN(C)c1ccc(C(=O)N2CCC[C@H](C(=O)c3cccs3)C2)cn1. The Kier molecular flexibility index (Phi) is 4.94. The number of Topliss-reactive ketones (excluding diaryl/α,β-unsaturated/α-hetero) is 1. The smallest absolute Gasteiger partial charge is 0.255 e. The summed E-state index contributed by atoms with van der Waals surface area (Å²) in [6.45, 7) is 1.19. The van der Waals surface area contributed by atoms with Crippen LogP contribution in [0.25, 0.3) is 0 Å². The zero-order valence-corrected chi connectivity index (χ0v) is 14.8. The second-order valence-electron chi connectivity index (χ2n) is 6.23. The molecular weight excluding hydrogens is 322 g/mol. The van der Waals surface area contributed by atoms with Gasteiger partial charge in [0.2, 0.25) is 0 Å². The van der Waals surface area contributed by atoms with Crippen molar-refractivity contribution < 1.29 is 9.59 Å². The van der Waals surface area contributed by atoms with E-state index in [1.54, 1.807) is 17.2 Å². The Morgan fingerprint density at radius 1 is 1.29 bits per heavy atom. The minimum Gasteiger partial charge on any atom is -0.363 e. The van der Waals surface area contributed by atoms with Gasteiger partial charge in [0, 0.05) is 39.3 Å². The van der Waals surface area contributed by atoms with Crippen molar-refractivity contribution in [1.29, 1.82) is 0 Å². The number of carbonyl (C=O) groups is 2. The van der Waals surface area contributed by atoms with Crippen LogP contribution in [0.1, 0.15) is 32.9 Å². The fourth-order valence-corrected chi connectivity index (χ4v) is 3.70. The van der Waals surface area contributed by atoms with Crippen LogP contribution in [0.2, 0.25) is 0 Å². The van der Waals surface area contributed by atoms with E-state index in [0.29, 0.717) is 18.7 Å². The molecule has 0 radical (unpaired) electrons. The van der Waals surface area contributed by atoms with E-state index in [1.807, 2.05) is 42.6 Å². The highest BCUT2D eigenvalue weighted by Crippen LogP contribution is 2.24. The molecule has 0 spiro atoms. The quantitative estimate of drug-likeness (QED) is 0.801. The summed E-state index contributed by atoms with van der Waals surface area (Å²) in [6.07, 6.45) is 3.32. The summed E-state index contributed by atoms with van der Waals surface area (Å²) in [5.41, 5.74) is 0.574. The maximum Gasteiger partial charge on any atom is 0.255 e. The molecule has 0 aromatic carbocycles. The minimum absolute atomic E-state index is 0.0449. The molecule has 0 saturated carbocycles. The van der Waals surface area contributed by atoms with Crippen molar-refractivity contribution in [1.82, 2.24) is 9.88 Å². The zero-order valence-electron chi connectivity index (χ0n) is 13.9. The van der Waals surface area contributed by atoms with Gasteiger partial charge in [-0.1, -0.05) is 6.07 Å². The first-order valence-corrected chi connectivity index (χ1v) is 8.94. The number of hydrogen-bond acceptors (Lipinski definition) is 5. The summed E-state index contributed by atoms with van der Waals surface area (Å²) in [7, 11) is 3.82. The lowest BCUT2D eigenvalue weighted by molar-refractivity contribution is 0.0638. The molecule has 24 heavy (non-hydrogen) atoms. The van der Waals surface area contributed by atoms with Gasteiger partial charge < -0.3 is 9.80 Å². The summed E-state index contributed by atoms with van der Waals surface area (Å²) in [5, 5.41) is 1.91. The Bertz CT molecular complexity index is 710. The molecule has 0 unspecified atom stereocenters. The van der Waals surface area contributed by atoms with Gasteiger partial charge in [0.1, 0.15) is 5.82 Å². The van der Waals surface area contributed by atoms with Crippen LogP contribution in [-0.4, -0.2) is 48.8 Å². The van der Waals surface area contributed by atoms with Crippen LogP contribution < -0.4 is 4.90 Å². The molecule has 2 aromatic rings. The second-order valence-corrected chi connectivity index (χ2v) is 7.18. The van der Waals surface area contributed by atoms with E-state index in [-0.39, 0.29) is 17.6 Å². The number of rotatable bonds is 4. The molecule has 3 heterocycles. The highest BCUT2D eigenvalue weighted by molar-refractivity contribution is 7.12. The van der Waals surface area contributed by atoms with Gasteiger partial charge in [0.05, 0.1) is 10.4 Å². The van der Waals surface area contributed by atoms with Gasteiger partial charge in [-0.05, 0) is 36.4 Å². The first kappa shape index (κ1) is 16.6. The molecule has 6 heteroatoms. The highest BCUT2D eigenvalue weighted by Gasteiger charge is 2.30. The topological polar surface area (TPSA) is 53.5 Å². The van der Waals surface area contributed by atoms with E-state index in [4.69, 9.17) is 0 Å². The van der Waals surface area contributed by atoms with E-state index >= 15 is 0 Å². The molecule has 1 aliphatic heterocycles. The third-order valence-corrected chi connectivity index (χ3v) is 5.18. The van der Waals surface area contributed by atoms with E-state index in [2.05, 4.69) is 4.98 Å². The van der Waals surface area contributed by atoms with Crippen molar-refractivity contribution in [3.8, 4) is 0 Å². The standard InChI is InChI=1S/C18H21N3O2S/c1-20(2)16-8-7-13(11-19-16)18(23)21-9-3-5-14(12-21)17(22)15-6-4-10-24-15/h4,6-8,10-11,14H,3,5,9,12H2,1-2H3/t14-/m0/s1. The first-order chi connectivity index (χ1) is 11.6. The van der Waals surface area contributed by atoms with Gasteiger partial charge in [-0.3, -0.25) is 9.59 Å². The van der Waals surface area contributed by atoms with Crippen molar-refractivity contribution in [3.63, 3.8) is 0 Å². The largest absolute Gasteiger partial charge is 0.363 e. The predicted octanol–water partition coefficient (Wildman–Crippen LogP) is 2.94. The summed E-state index contributed by atoms with van der Waals surface area (Å²) in [5.74, 6) is 0.825. The van der Waals surface area contributed by atoms with E-state index < -0.39 is 0 Å². The van der Waals surface area contributed by atoms with Gasteiger partial charge in [-0.15, -0.1) is 11.3 Å². The van der Waals surface area contributed by atoms with Crippen LogP contribution >= 0.6 is 11.3 Å². The Labute approximate surface area is 145 Å². The molecule has 1 fully saturated rings. The molecule has 126 valence electrons. The Balaban J connectivity index is 1.70. The van der Waals surface area contributed by atoms with Crippen LogP contribution in [0.15, 0.2) is 35.8 Å². The van der Waals surface area contributed by atoms with Crippen LogP contribution in [0.4, 0.5) is 5.82 Å². The number of aromatic nitrogens is 1. The molecule has 0 N–H and O–H groups in total. The number of nitrogens with zero attached hydrogens (tertiary/aromatic N) is 3. The number of thiophene rings is 1. The molecule has 2 aromatic heterocycles. The molecule has 3 rings (SSSR count). The number of piperidine rings is 1. The van der Waals surface area contributed by atoms with E-state index in [1.165, 1.54) is 11.3 Å². The van der Waals surface area contributed by atoms with E-state index in [0.717, 1.165) is 23.5 Å². The summed E-state index contributed by atoms with van der Waals surface area (Å²) in [4.78, 5) is 34.0. The van der Waals surface area contributed by atoms with Crippen molar-refractivity contribution in [2.24, 2.45) is 5.92 Å². The van der Waals surface area contributed by atoms with Crippen LogP contribution in [-0.2, 0) is 0 Å². The average Bonchev–Trinajstić information content (AvgIpc) is 3.15. The van der Waals surface area contributed by atoms with Crippen LogP contribution in [0.3, 0.4) is 0 Å². The number of ketones is 1. The van der Waals surface area contributed by atoms with Gasteiger partial charge in [0.15, 0.2) is 5.78 Å². The summed E-state index contributed by atoms with van der Waals surface area (Å²) in [6, 6.07) is 7.39. The maximum atomic E-state index is 12.7. The van der Waals surface area contributed by atoms with Crippen molar-refractivity contribution >= 4 is 28.8 Å². The number of carbonyl (C=O) groups excluding carboxylic acids is 2. The zero-order chi connectivity index (χ0) is 17.1. The number of amides is 1. The minimum atomic E-state index is -0.102.